The molecule has 16 heavy (non-hydrogen) atoms. The van der Waals surface area contributed by atoms with Crippen LogP contribution >= 0.6 is 0 Å². The van der Waals surface area contributed by atoms with Crippen molar-refractivity contribution in [3.63, 3.8) is 0 Å². The van der Waals surface area contributed by atoms with Crippen LogP contribution in [-0.4, -0.2) is 49.9 Å². The number of quaternary nitrogens is 1. The van der Waals surface area contributed by atoms with Crippen molar-refractivity contribution < 1.29 is 22.4 Å². The van der Waals surface area contributed by atoms with Gasteiger partial charge >= 0.3 is 0 Å². The average Bonchev–Trinajstić information content (AvgIpc) is 1.99. The maximum atomic E-state index is 11.3. The fraction of sp³-hybridized carbons (Fsp3) is 0.667. The first-order valence-electron chi connectivity index (χ1n) is 4.78. The van der Waals surface area contributed by atoms with Gasteiger partial charge < -0.3 is 4.55 Å². The molecule has 0 heterocycles. The Bertz CT molecular complexity index is 373. The molecule has 1 amide bonds. The zero-order chi connectivity index (χ0) is 13.0. The largest absolute Gasteiger partial charge is 0.748 e. The third-order valence-electron chi connectivity index (χ3n) is 1.90. The Morgan fingerprint density at radius 3 is 2.31 bits per heavy atom. The second-order valence-corrected chi connectivity index (χ2v) is 5.77. The van der Waals surface area contributed by atoms with Crippen molar-refractivity contribution in [1.82, 2.24) is 5.43 Å². The minimum absolute atomic E-state index is 0.112. The molecule has 0 radical (unpaired) electrons. The van der Waals surface area contributed by atoms with Gasteiger partial charge in [0.05, 0.1) is 24.2 Å². The van der Waals surface area contributed by atoms with E-state index in [0.29, 0.717) is 12.1 Å². The molecular weight excluding hydrogens is 232 g/mol. The third kappa shape index (κ3) is 7.38. The van der Waals surface area contributed by atoms with E-state index in [1.165, 1.54) is 0 Å². The lowest BCUT2D eigenvalue weighted by Gasteiger charge is -2.29. The molecule has 0 spiro atoms. The summed E-state index contributed by atoms with van der Waals surface area (Å²) in [7, 11) is -0.768. The summed E-state index contributed by atoms with van der Waals surface area (Å²) in [4.78, 5) is 11.3. The van der Waals surface area contributed by atoms with E-state index in [9.17, 15) is 17.8 Å². The second-order valence-electron chi connectivity index (χ2n) is 4.25. The lowest BCUT2D eigenvalue weighted by Crippen LogP contribution is -2.55. The van der Waals surface area contributed by atoms with Gasteiger partial charge in [-0.25, -0.2) is 13.0 Å². The SMILES string of the molecule is C=C(C)C(=O)N[N+](C)(C)CCCS(=O)(=O)[O-]. The van der Waals surface area contributed by atoms with Gasteiger partial charge in [0.2, 0.25) is 0 Å². The highest BCUT2D eigenvalue weighted by molar-refractivity contribution is 7.85. The zero-order valence-electron chi connectivity index (χ0n) is 9.82. The van der Waals surface area contributed by atoms with Crippen molar-refractivity contribution in [3.8, 4) is 0 Å². The summed E-state index contributed by atoms with van der Waals surface area (Å²) in [6, 6.07) is 0. The molecule has 0 aliphatic rings. The summed E-state index contributed by atoms with van der Waals surface area (Å²) < 4.78 is 31.3. The third-order valence-corrected chi connectivity index (χ3v) is 2.69. The Balaban J connectivity index is 4.16. The van der Waals surface area contributed by atoms with E-state index in [-0.39, 0.29) is 16.9 Å². The van der Waals surface area contributed by atoms with E-state index in [0.717, 1.165) is 0 Å². The van der Waals surface area contributed by atoms with Crippen LogP contribution in [0.5, 0.6) is 0 Å². The average molecular weight is 250 g/mol. The van der Waals surface area contributed by atoms with Crippen LogP contribution in [0.3, 0.4) is 0 Å². The van der Waals surface area contributed by atoms with Crippen LogP contribution in [-0.2, 0) is 14.9 Å². The van der Waals surface area contributed by atoms with Crippen molar-refractivity contribution >= 4 is 16.0 Å². The van der Waals surface area contributed by atoms with Crippen LogP contribution in [0.2, 0.25) is 0 Å². The Morgan fingerprint density at radius 1 is 1.44 bits per heavy atom. The first-order valence-corrected chi connectivity index (χ1v) is 6.36. The number of rotatable bonds is 6. The topological polar surface area (TPSA) is 86.3 Å². The van der Waals surface area contributed by atoms with Gasteiger partial charge in [0.15, 0.2) is 0 Å². The Kier molecular flexibility index (Phi) is 5.11. The smallest absolute Gasteiger partial charge is 0.290 e. The molecule has 7 heteroatoms. The summed E-state index contributed by atoms with van der Waals surface area (Å²) in [5.41, 5.74) is 3.02. The molecule has 0 unspecified atom stereocenters. The van der Waals surface area contributed by atoms with Crippen LogP contribution in [0.15, 0.2) is 12.2 Å². The molecule has 0 aliphatic carbocycles. The van der Waals surface area contributed by atoms with Gasteiger partial charge in [-0.2, -0.15) is 5.43 Å². The summed E-state index contributed by atoms with van der Waals surface area (Å²) in [5.74, 6) is -0.715. The first kappa shape index (κ1) is 15.1. The highest BCUT2D eigenvalue weighted by atomic mass is 32.2. The lowest BCUT2D eigenvalue weighted by molar-refractivity contribution is -0.924. The van der Waals surface area contributed by atoms with Crippen LogP contribution in [0, 0.1) is 0 Å². The van der Waals surface area contributed by atoms with Crippen LogP contribution < -0.4 is 5.43 Å². The molecule has 1 N–H and O–H groups in total. The summed E-state index contributed by atoms with van der Waals surface area (Å²) in [6.07, 6.45) is 0.204. The molecule has 0 aromatic carbocycles. The number of amides is 1. The summed E-state index contributed by atoms with van der Waals surface area (Å²) in [6.45, 7) is 5.43. The van der Waals surface area contributed by atoms with Crippen LogP contribution in [0.1, 0.15) is 13.3 Å². The number of nitrogens with zero attached hydrogens (tertiary/aromatic N) is 1. The molecule has 0 saturated heterocycles. The quantitative estimate of drug-likeness (QED) is 0.301. The van der Waals surface area contributed by atoms with Gasteiger partial charge in [-0.05, 0) is 6.92 Å². The normalized spacial score (nSPS) is 12.2. The van der Waals surface area contributed by atoms with Gasteiger partial charge in [-0.1, -0.05) is 6.58 Å². The Labute approximate surface area is 96.2 Å². The molecular formula is C9H18N2O4S. The minimum atomic E-state index is -4.18. The van der Waals surface area contributed by atoms with Gasteiger partial charge in [0.25, 0.3) is 5.91 Å². The standard InChI is InChI=1S/C9H18N2O4S/c1-8(2)9(12)10-11(3,4)6-5-7-16(13,14)15/h1,5-7H2,2-4H3,(H-,10,12,13,14,15). The molecule has 0 atom stereocenters. The van der Waals surface area contributed by atoms with Crippen molar-refractivity contribution in [1.29, 1.82) is 0 Å². The minimum Gasteiger partial charge on any atom is -0.748 e. The van der Waals surface area contributed by atoms with E-state index < -0.39 is 15.9 Å². The molecule has 6 nitrogen and oxygen atoms in total. The van der Waals surface area contributed by atoms with E-state index in [1.54, 1.807) is 21.0 Å². The predicted molar refractivity (Wildman–Crippen MR) is 59.1 cm³/mol. The van der Waals surface area contributed by atoms with Gasteiger partial charge in [-0.3, -0.25) is 4.79 Å². The fourth-order valence-electron chi connectivity index (χ4n) is 1.06. The predicted octanol–water partition coefficient (Wildman–Crippen LogP) is -0.395. The van der Waals surface area contributed by atoms with Crippen molar-refractivity contribution in [3.05, 3.63) is 12.2 Å². The van der Waals surface area contributed by atoms with Crippen LogP contribution in [0.4, 0.5) is 0 Å². The molecule has 0 fully saturated rings. The summed E-state index contributed by atoms with van der Waals surface area (Å²) >= 11 is 0. The lowest BCUT2D eigenvalue weighted by atomic mass is 10.3. The van der Waals surface area contributed by atoms with Crippen molar-refractivity contribution in [2.24, 2.45) is 0 Å². The van der Waals surface area contributed by atoms with Gasteiger partial charge in [0.1, 0.15) is 6.54 Å². The van der Waals surface area contributed by atoms with Gasteiger partial charge in [0, 0.05) is 17.7 Å². The monoisotopic (exact) mass is 250 g/mol. The number of hydrogen-bond acceptors (Lipinski definition) is 4. The number of carbonyl (C=O) groups is 1. The maximum Gasteiger partial charge on any atom is 0.290 e. The number of carbonyl (C=O) groups excluding carboxylic acids is 1. The Hall–Kier alpha value is -0.920. The highest BCUT2D eigenvalue weighted by Gasteiger charge is 2.19. The molecule has 0 aromatic heterocycles. The van der Waals surface area contributed by atoms with Crippen molar-refractivity contribution in [2.75, 3.05) is 26.4 Å². The van der Waals surface area contributed by atoms with E-state index in [4.69, 9.17) is 0 Å². The molecule has 0 bridgehead atoms. The zero-order valence-corrected chi connectivity index (χ0v) is 10.6. The van der Waals surface area contributed by atoms with Gasteiger partial charge in [-0.15, -0.1) is 0 Å². The molecule has 0 rings (SSSR count). The van der Waals surface area contributed by atoms with E-state index >= 15 is 0 Å². The Morgan fingerprint density at radius 2 is 1.94 bits per heavy atom. The summed E-state index contributed by atoms with van der Waals surface area (Å²) in [5, 5.41) is 0. The molecule has 0 aromatic rings. The van der Waals surface area contributed by atoms with Crippen LogP contribution in [0.25, 0.3) is 0 Å². The first-order chi connectivity index (χ1) is 7.03. The molecule has 0 aliphatic heterocycles. The van der Waals surface area contributed by atoms with E-state index in [2.05, 4.69) is 12.0 Å². The van der Waals surface area contributed by atoms with E-state index in [1.807, 2.05) is 0 Å². The molecule has 0 saturated carbocycles. The maximum absolute atomic E-state index is 11.3. The fourth-order valence-corrected chi connectivity index (χ4v) is 1.55. The second kappa shape index (κ2) is 5.42. The number of hydrogen-bond donors (Lipinski definition) is 1. The number of nitrogens with one attached hydrogen (secondary N) is 1. The highest BCUT2D eigenvalue weighted by Crippen LogP contribution is 1.99. The molecule has 94 valence electrons. The van der Waals surface area contributed by atoms with Crippen molar-refractivity contribution in [2.45, 2.75) is 13.3 Å².